The van der Waals surface area contributed by atoms with Crippen LogP contribution in [0, 0.1) is 11.3 Å². The molecule has 20 heavy (non-hydrogen) atoms. The molecule has 0 bridgehead atoms. The Labute approximate surface area is 127 Å². The Hall–Kier alpha value is -1.14. The van der Waals surface area contributed by atoms with Gasteiger partial charge in [0.05, 0.1) is 17.6 Å². The van der Waals surface area contributed by atoms with E-state index in [-0.39, 0.29) is 31.0 Å². The zero-order valence-electron chi connectivity index (χ0n) is 11.0. The summed E-state index contributed by atoms with van der Waals surface area (Å²) in [6.07, 6.45) is 0.121. The van der Waals surface area contributed by atoms with Gasteiger partial charge in [0.25, 0.3) is 0 Å². The van der Waals surface area contributed by atoms with Crippen molar-refractivity contribution in [1.29, 1.82) is 5.26 Å². The molecule has 0 atom stereocenters. The topological polar surface area (TPSA) is 96.4 Å². The van der Waals surface area contributed by atoms with Gasteiger partial charge in [-0.15, -0.1) is 0 Å². The van der Waals surface area contributed by atoms with Crippen LogP contribution < -0.4 is 5.73 Å². The number of nitriles is 1. The molecule has 0 aliphatic carbocycles. The van der Waals surface area contributed by atoms with Gasteiger partial charge < -0.3 is 10.5 Å². The monoisotopic (exact) mass is 361 g/mol. The number of methoxy groups -OCH3 is 1. The average molecular weight is 362 g/mol. The Morgan fingerprint density at radius 2 is 2.15 bits per heavy atom. The molecule has 0 aliphatic rings. The van der Waals surface area contributed by atoms with Crippen molar-refractivity contribution in [2.75, 3.05) is 32.5 Å². The SMILES string of the molecule is COCCN(CCC#N)S(=O)(=O)c1ccc(N)cc1Br. The molecule has 1 aromatic rings. The first-order chi connectivity index (χ1) is 9.43. The zero-order valence-corrected chi connectivity index (χ0v) is 13.4. The fourth-order valence-electron chi connectivity index (χ4n) is 1.59. The molecular weight excluding hydrogens is 346 g/mol. The van der Waals surface area contributed by atoms with E-state index >= 15 is 0 Å². The van der Waals surface area contributed by atoms with Gasteiger partial charge in [-0.2, -0.15) is 9.57 Å². The van der Waals surface area contributed by atoms with Crippen LogP contribution in [0.15, 0.2) is 27.6 Å². The predicted molar refractivity (Wildman–Crippen MR) is 79.4 cm³/mol. The number of ether oxygens (including phenoxy) is 1. The highest BCUT2D eigenvalue weighted by atomic mass is 79.9. The van der Waals surface area contributed by atoms with Crippen LogP contribution in [-0.2, 0) is 14.8 Å². The molecule has 0 saturated heterocycles. The summed E-state index contributed by atoms with van der Waals surface area (Å²) >= 11 is 3.21. The molecule has 110 valence electrons. The lowest BCUT2D eigenvalue weighted by Crippen LogP contribution is -2.35. The third-order valence-electron chi connectivity index (χ3n) is 2.59. The third-order valence-corrected chi connectivity index (χ3v) is 5.47. The number of sulfonamides is 1. The smallest absolute Gasteiger partial charge is 0.244 e. The Kier molecular flexibility index (Phi) is 6.42. The molecule has 6 nitrogen and oxygen atoms in total. The lowest BCUT2D eigenvalue weighted by Gasteiger charge is -2.21. The molecule has 0 amide bonds. The van der Waals surface area contributed by atoms with Crippen molar-refractivity contribution >= 4 is 31.6 Å². The third kappa shape index (κ3) is 4.18. The minimum Gasteiger partial charge on any atom is -0.399 e. The average Bonchev–Trinajstić information content (AvgIpc) is 2.38. The van der Waals surface area contributed by atoms with Crippen molar-refractivity contribution in [3.63, 3.8) is 0 Å². The summed E-state index contributed by atoms with van der Waals surface area (Å²) in [5.41, 5.74) is 6.07. The number of hydrogen-bond acceptors (Lipinski definition) is 5. The minimum atomic E-state index is -3.69. The van der Waals surface area contributed by atoms with Crippen LogP contribution in [0.1, 0.15) is 6.42 Å². The molecule has 2 N–H and O–H groups in total. The summed E-state index contributed by atoms with van der Waals surface area (Å²) < 4.78 is 31.7. The molecule has 0 spiro atoms. The number of halogens is 1. The Morgan fingerprint density at radius 1 is 1.45 bits per heavy atom. The van der Waals surface area contributed by atoms with E-state index in [0.717, 1.165) is 0 Å². The molecule has 1 aromatic carbocycles. The Balaban J connectivity index is 3.11. The van der Waals surface area contributed by atoms with Crippen molar-refractivity contribution in [3.8, 4) is 6.07 Å². The van der Waals surface area contributed by atoms with Crippen LogP contribution in [0.25, 0.3) is 0 Å². The van der Waals surface area contributed by atoms with Gasteiger partial charge in [0.15, 0.2) is 0 Å². The molecule has 0 aliphatic heterocycles. The second-order valence-electron chi connectivity index (χ2n) is 3.99. The number of nitrogens with zero attached hydrogens (tertiary/aromatic N) is 2. The minimum absolute atomic E-state index is 0.121. The number of rotatable bonds is 7. The second kappa shape index (κ2) is 7.59. The quantitative estimate of drug-likeness (QED) is 0.743. The van der Waals surface area contributed by atoms with Crippen LogP contribution in [0.2, 0.25) is 0 Å². The Morgan fingerprint density at radius 3 is 2.70 bits per heavy atom. The van der Waals surface area contributed by atoms with Crippen molar-refractivity contribution in [2.45, 2.75) is 11.3 Å². The largest absolute Gasteiger partial charge is 0.399 e. The molecule has 0 fully saturated rings. The lowest BCUT2D eigenvalue weighted by atomic mass is 10.3. The van der Waals surface area contributed by atoms with Gasteiger partial charge >= 0.3 is 0 Å². The summed E-state index contributed by atoms with van der Waals surface area (Å²) in [5.74, 6) is 0. The van der Waals surface area contributed by atoms with Gasteiger partial charge in [0.1, 0.15) is 0 Å². The maximum Gasteiger partial charge on any atom is 0.244 e. The van der Waals surface area contributed by atoms with E-state index in [1.165, 1.54) is 29.6 Å². The molecule has 0 unspecified atom stereocenters. The normalized spacial score (nSPS) is 11.5. The fourth-order valence-corrected chi connectivity index (χ4v) is 4.07. The maximum atomic E-state index is 12.6. The first-order valence-corrected chi connectivity index (χ1v) is 8.08. The number of nitrogen functional groups attached to an aromatic ring is 1. The van der Waals surface area contributed by atoms with E-state index in [0.29, 0.717) is 10.2 Å². The molecular formula is C12H16BrN3O3S. The molecule has 0 radical (unpaired) electrons. The summed E-state index contributed by atoms with van der Waals surface area (Å²) in [5, 5.41) is 8.64. The van der Waals surface area contributed by atoms with Gasteiger partial charge in [-0.1, -0.05) is 0 Å². The standard InChI is InChI=1S/C12H16BrN3O3S/c1-19-8-7-16(6-2-5-14)20(17,18)12-4-3-10(15)9-11(12)13/h3-4,9H,2,6-8,15H2,1H3. The van der Waals surface area contributed by atoms with E-state index in [9.17, 15) is 8.42 Å². The first kappa shape index (κ1) is 16.9. The van der Waals surface area contributed by atoms with E-state index < -0.39 is 10.0 Å². The summed E-state index contributed by atoms with van der Waals surface area (Å²) in [6.45, 7) is 0.577. The van der Waals surface area contributed by atoms with E-state index in [1.54, 1.807) is 0 Å². The Bertz CT molecular complexity index is 598. The fraction of sp³-hybridized carbons (Fsp3) is 0.417. The van der Waals surface area contributed by atoms with Gasteiger partial charge in [-0.05, 0) is 34.1 Å². The van der Waals surface area contributed by atoms with E-state index in [1.807, 2.05) is 6.07 Å². The summed E-state index contributed by atoms with van der Waals surface area (Å²) in [7, 11) is -2.20. The number of nitrogens with two attached hydrogens (primary N) is 1. The van der Waals surface area contributed by atoms with Gasteiger partial charge in [-0.25, -0.2) is 8.42 Å². The van der Waals surface area contributed by atoms with E-state index in [2.05, 4.69) is 15.9 Å². The van der Waals surface area contributed by atoms with E-state index in [4.69, 9.17) is 15.7 Å². The van der Waals surface area contributed by atoms with Crippen molar-refractivity contribution in [2.24, 2.45) is 0 Å². The highest BCUT2D eigenvalue weighted by molar-refractivity contribution is 9.10. The van der Waals surface area contributed by atoms with Crippen molar-refractivity contribution < 1.29 is 13.2 Å². The number of benzene rings is 1. The van der Waals surface area contributed by atoms with Crippen LogP contribution >= 0.6 is 15.9 Å². The molecule has 0 aromatic heterocycles. The maximum absolute atomic E-state index is 12.6. The van der Waals surface area contributed by atoms with Crippen LogP contribution in [0.4, 0.5) is 5.69 Å². The van der Waals surface area contributed by atoms with Gasteiger partial charge in [0, 0.05) is 36.8 Å². The van der Waals surface area contributed by atoms with Crippen LogP contribution in [0.3, 0.4) is 0 Å². The summed E-state index contributed by atoms with van der Waals surface area (Å²) in [6, 6.07) is 6.45. The first-order valence-electron chi connectivity index (χ1n) is 5.84. The van der Waals surface area contributed by atoms with Crippen molar-refractivity contribution in [1.82, 2.24) is 4.31 Å². The second-order valence-corrected chi connectivity index (χ2v) is 6.76. The van der Waals surface area contributed by atoms with Gasteiger partial charge in [-0.3, -0.25) is 0 Å². The molecule has 8 heteroatoms. The number of anilines is 1. The lowest BCUT2D eigenvalue weighted by molar-refractivity contribution is 0.179. The summed E-state index contributed by atoms with van der Waals surface area (Å²) in [4.78, 5) is 0.126. The van der Waals surface area contributed by atoms with Crippen LogP contribution in [-0.4, -0.2) is 39.5 Å². The highest BCUT2D eigenvalue weighted by Gasteiger charge is 2.26. The predicted octanol–water partition coefficient (Wildman–Crippen LogP) is 1.58. The molecule has 0 heterocycles. The van der Waals surface area contributed by atoms with Gasteiger partial charge in [0.2, 0.25) is 10.0 Å². The molecule has 1 rings (SSSR count). The van der Waals surface area contributed by atoms with Crippen molar-refractivity contribution in [3.05, 3.63) is 22.7 Å². The zero-order chi connectivity index (χ0) is 15.2. The highest BCUT2D eigenvalue weighted by Crippen LogP contribution is 2.27. The molecule has 0 saturated carbocycles. The van der Waals surface area contributed by atoms with Crippen LogP contribution in [0.5, 0.6) is 0 Å². The number of hydrogen-bond donors (Lipinski definition) is 1.